The number of phenols is 1. The van der Waals surface area contributed by atoms with Gasteiger partial charge >= 0.3 is 0 Å². The number of aromatic hydroxyl groups is 1. The van der Waals surface area contributed by atoms with Crippen molar-refractivity contribution < 1.29 is 19.4 Å². The number of fused-ring (bicyclic) bond motifs is 1. The molecule has 0 aromatic heterocycles. The number of rotatable bonds is 7. The van der Waals surface area contributed by atoms with E-state index in [1.54, 1.807) is 37.2 Å². The van der Waals surface area contributed by atoms with E-state index in [4.69, 9.17) is 9.47 Å². The number of ether oxygens (including phenoxy) is 2. The highest BCUT2D eigenvalue weighted by atomic mass is 16.5. The Kier molecular flexibility index (Phi) is 7.67. The quantitative estimate of drug-likeness (QED) is 0.393. The summed E-state index contributed by atoms with van der Waals surface area (Å²) in [5.41, 5.74) is 5.08. The summed E-state index contributed by atoms with van der Waals surface area (Å²) in [7, 11) is 3.51. The molecule has 0 radical (unpaired) electrons. The van der Waals surface area contributed by atoms with Crippen LogP contribution in [0.1, 0.15) is 60.3 Å². The second kappa shape index (κ2) is 11.1. The Hall–Kier alpha value is -3.77. The van der Waals surface area contributed by atoms with Crippen molar-refractivity contribution in [1.82, 2.24) is 9.80 Å². The van der Waals surface area contributed by atoms with Crippen LogP contribution in [0.2, 0.25) is 0 Å². The molecule has 1 amide bonds. The van der Waals surface area contributed by atoms with Gasteiger partial charge in [0.2, 0.25) is 0 Å². The highest BCUT2D eigenvalue weighted by Gasteiger charge is 2.32. The number of carbonyl (C=O) groups is 1. The maximum absolute atomic E-state index is 13.1. The molecule has 39 heavy (non-hydrogen) atoms. The summed E-state index contributed by atoms with van der Waals surface area (Å²) in [5.74, 6) is 2.37. The maximum atomic E-state index is 13.1. The van der Waals surface area contributed by atoms with Gasteiger partial charge in [-0.15, -0.1) is 0 Å². The van der Waals surface area contributed by atoms with Crippen LogP contribution in [-0.2, 0) is 0 Å². The van der Waals surface area contributed by atoms with Gasteiger partial charge in [-0.25, -0.2) is 0 Å². The van der Waals surface area contributed by atoms with Gasteiger partial charge in [-0.3, -0.25) is 9.69 Å². The third-order valence-electron chi connectivity index (χ3n) is 7.88. The number of benzene rings is 3. The average Bonchev–Trinajstić information content (AvgIpc) is 3.38. The van der Waals surface area contributed by atoms with E-state index in [1.165, 1.54) is 6.42 Å². The first-order chi connectivity index (χ1) is 18.7. The number of amides is 1. The molecular formula is C33H38N2O4. The Labute approximate surface area is 231 Å². The predicted molar refractivity (Wildman–Crippen MR) is 155 cm³/mol. The summed E-state index contributed by atoms with van der Waals surface area (Å²) in [5, 5.41) is 10.2. The van der Waals surface area contributed by atoms with Crippen molar-refractivity contribution in [2.45, 2.75) is 39.3 Å². The van der Waals surface area contributed by atoms with Crippen LogP contribution in [0.3, 0.4) is 0 Å². The molecule has 5 rings (SSSR count). The minimum Gasteiger partial charge on any atom is -0.508 e. The second-order valence-electron chi connectivity index (χ2n) is 11.1. The van der Waals surface area contributed by atoms with E-state index in [0.717, 1.165) is 52.6 Å². The van der Waals surface area contributed by atoms with Crippen LogP contribution in [0.25, 0.3) is 11.1 Å². The van der Waals surface area contributed by atoms with Crippen LogP contribution in [0, 0.1) is 5.92 Å². The van der Waals surface area contributed by atoms with Crippen molar-refractivity contribution in [3.63, 3.8) is 0 Å². The molecule has 3 atom stereocenters. The van der Waals surface area contributed by atoms with Gasteiger partial charge in [-0.1, -0.05) is 37.3 Å². The molecule has 1 unspecified atom stereocenters. The second-order valence-corrected chi connectivity index (χ2v) is 11.1. The largest absolute Gasteiger partial charge is 0.508 e. The molecule has 3 aromatic rings. The van der Waals surface area contributed by atoms with Crippen molar-refractivity contribution in [1.29, 1.82) is 0 Å². The number of hydrogen-bond acceptors (Lipinski definition) is 5. The standard InChI is InChI=1S/C33H38N2O4/c1-21-16-17-35(19-21)22(2)20-38-26-13-10-24(11-14-26)32-31(23(3)29-18-25(36)12-15-30(29)39-32)27-8-6-7-9-28(27)33(37)34(4)5/h6-15,18,21-22,32,36H,16-17,19-20H2,1-5H3/t21-,22+,32?/m1/s1. The predicted octanol–water partition coefficient (Wildman–Crippen LogP) is 6.27. The highest BCUT2D eigenvalue weighted by Crippen LogP contribution is 2.48. The number of carbonyl (C=O) groups excluding carboxylic acids is 1. The zero-order valence-electron chi connectivity index (χ0n) is 23.5. The zero-order chi connectivity index (χ0) is 27.7. The SMILES string of the molecule is CC1=C(c2ccccc2C(=O)N(C)C)C(c2ccc(OC[C@H](C)N3CC[C@@H](C)C3)cc2)Oc2ccc(O)cc21. The van der Waals surface area contributed by atoms with E-state index >= 15 is 0 Å². The summed E-state index contributed by atoms with van der Waals surface area (Å²) in [6, 6.07) is 21.2. The summed E-state index contributed by atoms with van der Waals surface area (Å²) in [6.07, 6.45) is 0.819. The smallest absolute Gasteiger partial charge is 0.253 e. The van der Waals surface area contributed by atoms with Crippen molar-refractivity contribution in [3.8, 4) is 17.2 Å². The Morgan fingerprint density at radius 1 is 1.10 bits per heavy atom. The molecule has 1 saturated heterocycles. The van der Waals surface area contributed by atoms with Gasteiger partial charge in [0.1, 0.15) is 30.0 Å². The Morgan fingerprint density at radius 2 is 1.85 bits per heavy atom. The van der Waals surface area contributed by atoms with Crippen molar-refractivity contribution in [2.24, 2.45) is 5.92 Å². The van der Waals surface area contributed by atoms with Crippen LogP contribution in [0.4, 0.5) is 0 Å². The fraction of sp³-hybridized carbons (Fsp3) is 0.364. The van der Waals surface area contributed by atoms with Crippen LogP contribution in [0.15, 0.2) is 66.7 Å². The minimum absolute atomic E-state index is 0.0726. The number of allylic oxidation sites excluding steroid dienone is 1. The summed E-state index contributed by atoms with van der Waals surface area (Å²) < 4.78 is 12.7. The van der Waals surface area contributed by atoms with Gasteiger partial charge in [0.25, 0.3) is 5.91 Å². The van der Waals surface area contributed by atoms with Crippen LogP contribution < -0.4 is 9.47 Å². The van der Waals surface area contributed by atoms with Crippen LogP contribution >= 0.6 is 0 Å². The molecule has 6 nitrogen and oxygen atoms in total. The first-order valence-corrected chi connectivity index (χ1v) is 13.7. The fourth-order valence-corrected chi connectivity index (χ4v) is 5.60. The van der Waals surface area contributed by atoms with Crippen molar-refractivity contribution >= 4 is 17.1 Å². The number of hydrogen-bond donors (Lipinski definition) is 1. The van der Waals surface area contributed by atoms with Gasteiger partial charge in [-0.05, 0) is 85.8 Å². The Bertz CT molecular complexity index is 1380. The monoisotopic (exact) mass is 526 g/mol. The van der Waals surface area contributed by atoms with E-state index in [2.05, 4.69) is 18.7 Å². The molecule has 0 spiro atoms. The molecule has 6 heteroatoms. The average molecular weight is 527 g/mol. The Balaban J connectivity index is 1.47. The topological polar surface area (TPSA) is 62.2 Å². The van der Waals surface area contributed by atoms with Crippen LogP contribution in [-0.4, -0.2) is 60.6 Å². The third kappa shape index (κ3) is 5.52. The normalized spacial score (nSPS) is 19.8. The molecule has 2 aliphatic heterocycles. The summed E-state index contributed by atoms with van der Waals surface area (Å²) >= 11 is 0. The number of phenolic OH excluding ortho intramolecular Hbond substituents is 1. The molecule has 0 aliphatic carbocycles. The third-order valence-corrected chi connectivity index (χ3v) is 7.88. The lowest BCUT2D eigenvalue weighted by atomic mass is 9.84. The molecule has 2 aliphatic rings. The van der Waals surface area contributed by atoms with Crippen LogP contribution in [0.5, 0.6) is 17.2 Å². The molecule has 2 heterocycles. The van der Waals surface area contributed by atoms with E-state index < -0.39 is 6.10 Å². The first-order valence-electron chi connectivity index (χ1n) is 13.7. The fourth-order valence-electron chi connectivity index (χ4n) is 5.60. The van der Waals surface area contributed by atoms with Gasteiger partial charge in [-0.2, -0.15) is 0 Å². The molecule has 1 N–H and O–H groups in total. The van der Waals surface area contributed by atoms with E-state index in [1.807, 2.05) is 55.5 Å². The molecule has 3 aromatic carbocycles. The molecular weight excluding hydrogens is 488 g/mol. The van der Waals surface area contributed by atoms with Gasteiger partial charge in [0.05, 0.1) is 0 Å². The zero-order valence-corrected chi connectivity index (χ0v) is 23.5. The van der Waals surface area contributed by atoms with E-state index in [-0.39, 0.29) is 11.7 Å². The van der Waals surface area contributed by atoms with Gasteiger partial charge in [0.15, 0.2) is 0 Å². The maximum Gasteiger partial charge on any atom is 0.253 e. The minimum atomic E-state index is -0.433. The van der Waals surface area contributed by atoms with Crippen molar-refractivity contribution in [3.05, 3.63) is 89.0 Å². The summed E-state index contributed by atoms with van der Waals surface area (Å²) in [4.78, 5) is 17.2. The molecule has 0 saturated carbocycles. The van der Waals surface area contributed by atoms with E-state index in [0.29, 0.717) is 24.0 Å². The lowest BCUT2D eigenvalue weighted by molar-refractivity contribution is 0.0827. The van der Waals surface area contributed by atoms with Gasteiger partial charge < -0.3 is 19.5 Å². The number of likely N-dealkylation sites (tertiary alicyclic amines) is 1. The Morgan fingerprint density at radius 3 is 2.54 bits per heavy atom. The highest BCUT2D eigenvalue weighted by molar-refractivity contribution is 6.04. The van der Waals surface area contributed by atoms with Gasteiger partial charge in [0, 0.05) is 43.4 Å². The van der Waals surface area contributed by atoms with Crippen molar-refractivity contribution in [2.75, 3.05) is 33.8 Å². The lowest BCUT2D eigenvalue weighted by Crippen LogP contribution is -2.35. The molecule has 204 valence electrons. The number of nitrogens with zero attached hydrogens (tertiary/aromatic N) is 2. The molecule has 0 bridgehead atoms. The first kappa shape index (κ1) is 26.8. The van der Waals surface area contributed by atoms with E-state index in [9.17, 15) is 9.90 Å². The molecule has 1 fully saturated rings. The lowest BCUT2D eigenvalue weighted by Gasteiger charge is -2.32. The summed E-state index contributed by atoms with van der Waals surface area (Å²) in [6.45, 7) is 9.47.